The Hall–Kier alpha value is -3.76. The molecule has 0 amide bonds. The number of rotatable bonds is 6. The van der Waals surface area contributed by atoms with Gasteiger partial charge in [-0.3, -0.25) is 15.4 Å². The minimum absolute atomic E-state index is 0.175. The van der Waals surface area contributed by atoms with E-state index in [1.54, 1.807) is 0 Å². The van der Waals surface area contributed by atoms with Crippen molar-refractivity contribution < 1.29 is 33.5 Å². The molecule has 3 rings (SSSR count). The third-order valence-electron chi connectivity index (χ3n) is 5.29. The summed E-state index contributed by atoms with van der Waals surface area (Å²) in [7, 11) is 3.36. The summed E-state index contributed by atoms with van der Waals surface area (Å²) in [5, 5.41) is 14.4. The lowest BCUT2D eigenvalue weighted by atomic mass is 9.82. The lowest BCUT2D eigenvalue weighted by Gasteiger charge is -2.30. The minimum atomic E-state index is -1.96. The van der Waals surface area contributed by atoms with Gasteiger partial charge in [-0.25, -0.2) is 14.4 Å². The van der Waals surface area contributed by atoms with Crippen LogP contribution in [0.15, 0.2) is 59.7 Å². The SMILES string of the molecule is COC(=O)C1=C(C(=O)OC)[C@](C(=O)OC)(c2ccc(Cl)cc2)N[C@H]1c1ccc([N+](=O)[O-])cc1. The van der Waals surface area contributed by atoms with Crippen molar-refractivity contribution in [3.63, 3.8) is 0 Å². The number of esters is 3. The Balaban J connectivity index is 2.35. The Morgan fingerprint density at radius 1 is 0.939 bits per heavy atom. The second-order valence-electron chi connectivity index (χ2n) is 6.95. The van der Waals surface area contributed by atoms with E-state index in [1.807, 2.05) is 0 Å². The molecule has 0 bridgehead atoms. The Morgan fingerprint density at radius 3 is 2.00 bits per heavy atom. The maximum atomic E-state index is 13.2. The fourth-order valence-electron chi connectivity index (χ4n) is 3.80. The number of carbonyl (C=O) groups is 3. The second kappa shape index (κ2) is 9.39. The number of nitrogens with one attached hydrogen (secondary N) is 1. The predicted octanol–water partition coefficient (Wildman–Crippen LogP) is 2.60. The molecule has 10 nitrogen and oxygen atoms in total. The molecule has 0 spiro atoms. The molecular formula is C22H19ClN2O8. The smallest absolute Gasteiger partial charge is 0.337 e. The third-order valence-corrected chi connectivity index (χ3v) is 5.55. The average Bonchev–Trinajstić information content (AvgIpc) is 3.20. The fraction of sp³-hybridized carbons (Fsp3) is 0.227. The number of benzene rings is 2. The predicted molar refractivity (Wildman–Crippen MR) is 115 cm³/mol. The first-order valence-corrected chi connectivity index (χ1v) is 9.86. The first-order chi connectivity index (χ1) is 15.7. The van der Waals surface area contributed by atoms with E-state index >= 15 is 0 Å². The molecule has 11 heteroatoms. The number of carbonyl (C=O) groups excluding carboxylic acids is 3. The zero-order valence-electron chi connectivity index (χ0n) is 17.8. The molecule has 0 aromatic heterocycles. The molecule has 0 fully saturated rings. The van der Waals surface area contributed by atoms with Crippen LogP contribution >= 0.6 is 11.6 Å². The van der Waals surface area contributed by atoms with Gasteiger partial charge in [0.25, 0.3) is 5.69 Å². The van der Waals surface area contributed by atoms with Crippen LogP contribution in [0, 0.1) is 10.1 Å². The van der Waals surface area contributed by atoms with Gasteiger partial charge in [-0.2, -0.15) is 0 Å². The van der Waals surface area contributed by atoms with Crippen molar-refractivity contribution in [1.82, 2.24) is 5.32 Å². The number of methoxy groups -OCH3 is 3. The summed E-state index contributed by atoms with van der Waals surface area (Å²) in [4.78, 5) is 49.6. The zero-order valence-corrected chi connectivity index (χ0v) is 18.5. The quantitative estimate of drug-likeness (QED) is 0.290. The highest BCUT2D eigenvalue weighted by atomic mass is 35.5. The van der Waals surface area contributed by atoms with E-state index in [2.05, 4.69) is 5.32 Å². The van der Waals surface area contributed by atoms with Crippen LogP contribution in [0.5, 0.6) is 0 Å². The van der Waals surface area contributed by atoms with Crippen molar-refractivity contribution in [1.29, 1.82) is 0 Å². The normalized spacial score (nSPS) is 19.7. The fourth-order valence-corrected chi connectivity index (χ4v) is 3.93. The lowest BCUT2D eigenvalue weighted by molar-refractivity contribution is -0.384. The van der Waals surface area contributed by atoms with E-state index in [0.29, 0.717) is 10.6 Å². The van der Waals surface area contributed by atoms with Crippen molar-refractivity contribution in [2.75, 3.05) is 21.3 Å². The molecule has 2 atom stereocenters. The molecule has 2 aromatic rings. The van der Waals surface area contributed by atoms with E-state index < -0.39 is 34.4 Å². The standard InChI is InChI=1S/C22H19ClN2O8/c1-31-19(26)16-17(20(27)32-2)22(21(28)33-3,13-6-8-14(23)9-7-13)24-18(16)12-4-10-15(11-5-12)25(29)30/h4-11,18,24H,1-3H3/t18-,22-/m0/s1. The highest BCUT2D eigenvalue weighted by Gasteiger charge is 2.58. The summed E-state index contributed by atoms with van der Waals surface area (Å²) in [6.45, 7) is 0. The first kappa shape index (κ1) is 23.9. The van der Waals surface area contributed by atoms with Gasteiger partial charge in [0.05, 0.1) is 43.4 Å². The molecule has 0 radical (unpaired) electrons. The average molecular weight is 475 g/mol. The van der Waals surface area contributed by atoms with Crippen molar-refractivity contribution in [3.8, 4) is 0 Å². The van der Waals surface area contributed by atoms with Crippen LogP contribution in [0.1, 0.15) is 17.2 Å². The number of hydrogen-bond acceptors (Lipinski definition) is 9. The summed E-state index contributed by atoms with van der Waals surface area (Å²) in [5.74, 6) is -2.75. The molecule has 33 heavy (non-hydrogen) atoms. The van der Waals surface area contributed by atoms with Gasteiger partial charge in [0, 0.05) is 17.2 Å². The number of hydrogen-bond donors (Lipinski definition) is 1. The summed E-state index contributed by atoms with van der Waals surface area (Å²) in [6, 6.07) is 10.2. The van der Waals surface area contributed by atoms with Gasteiger partial charge >= 0.3 is 17.9 Å². The molecule has 172 valence electrons. The Labute approximate surface area is 193 Å². The van der Waals surface area contributed by atoms with Crippen molar-refractivity contribution in [2.24, 2.45) is 0 Å². The van der Waals surface area contributed by atoms with E-state index in [0.717, 1.165) is 21.3 Å². The largest absolute Gasteiger partial charge is 0.467 e. The van der Waals surface area contributed by atoms with E-state index in [-0.39, 0.29) is 22.4 Å². The van der Waals surface area contributed by atoms with Crippen LogP contribution in [0.2, 0.25) is 5.02 Å². The van der Waals surface area contributed by atoms with E-state index in [9.17, 15) is 24.5 Å². The number of nitro benzene ring substituents is 1. The van der Waals surface area contributed by atoms with Gasteiger partial charge in [0.2, 0.25) is 0 Å². The number of halogens is 1. The molecule has 1 aliphatic rings. The summed E-state index contributed by atoms with van der Waals surface area (Å²) in [5.41, 5.74) is -2.03. The molecule has 1 N–H and O–H groups in total. The second-order valence-corrected chi connectivity index (χ2v) is 7.38. The number of non-ortho nitro benzene ring substituents is 1. The van der Waals surface area contributed by atoms with E-state index in [4.69, 9.17) is 25.8 Å². The molecule has 0 unspecified atom stereocenters. The van der Waals surface area contributed by atoms with Gasteiger partial charge in [0.1, 0.15) is 0 Å². The lowest BCUT2D eigenvalue weighted by Crippen LogP contribution is -2.50. The van der Waals surface area contributed by atoms with Crippen LogP contribution < -0.4 is 5.32 Å². The Bertz CT molecular complexity index is 1140. The molecule has 0 aliphatic carbocycles. The summed E-state index contributed by atoms with van der Waals surface area (Å²) < 4.78 is 14.9. The van der Waals surface area contributed by atoms with Crippen molar-refractivity contribution in [3.05, 3.63) is 85.9 Å². The maximum Gasteiger partial charge on any atom is 0.337 e. The van der Waals surface area contributed by atoms with Crippen LogP contribution in [0.4, 0.5) is 5.69 Å². The molecular weight excluding hydrogens is 456 g/mol. The molecule has 1 heterocycles. The molecule has 1 aliphatic heterocycles. The Morgan fingerprint density at radius 2 is 1.52 bits per heavy atom. The van der Waals surface area contributed by atoms with Gasteiger partial charge in [-0.05, 0) is 23.3 Å². The number of nitro groups is 1. The van der Waals surface area contributed by atoms with Crippen LogP contribution in [-0.2, 0) is 34.1 Å². The minimum Gasteiger partial charge on any atom is -0.467 e. The highest BCUT2D eigenvalue weighted by molar-refractivity contribution is 6.30. The van der Waals surface area contributed by atoms with E-state index in [1.165, 1.54) is 48.5 Å². The van der Waals surface area contributed by atoms with Crippen LogP contribution in [0.3, 0.4) is 0 Å². The van der Waals surface area contributed by atoms with Gasteiger partial charge in [-0.1, -0.05) is 35.9 Å². The van der Waals surface area contributed by atoms with Gasteiger partial charge < -0.3 is 14.2 Å². The Kier molecular flexibility index (Phi) is 6.80. The monoisotopic (exact) mass is 474 g/mol. The topological polar surface area (TPSA) is 134 Å². The summed E-state index contributed by atoms with van der Waals surface area (Å²) >= 11 is 6.00. The highest BCUT2D eigenvalue weighted by Crippen LogP contribution is 2.46. The van der Waals surface area contributed by atoms with Gasteiger partial charge in [-0.15, -0.1) is 0 Å². The molecule has 2 aromatic carbocycles. The third kappa shape index (κ3) is 4.06. The van der Waals surface area contributed by atoms with Gasteiger partial charge in [0.15, 0.2) is 5.54 Å². The van der Waals surface area contributed by atoms with Crippen molar-refractivity contribution in [2.45, 2.75) is 11.6 Å². The number of nitrogens with zero attached hydrogens (tertiary/aromatic N) is 1. The van der Waals surface area contributed by atoms with Crippen LogP contribution in [0.25, 0.3) is 0 Å². The van der Waals surface area contributed by atoms with Crippen molar-refractivity contribution >= 4 is 35.2 Å². The van der Waals surface area contributed by atoms with Crippen LogP contribution in [-0.4, -0.2) is 44.2 Å². The molecule has 0 saturated carbocycles. The number of ether oxygens (including phenoxy) is 3. The maximum absolute atomic E-state index is 13.2. The molecule has 0 saturated heterocycles. The zero-order chi connectivity index (χ0) is 24.3. The summed E-state index contributed by atoms with van der Waals surface area (Å²) in [6.07, 6.45) is 0. The first-order valence-electron chi connectivity index (χ1n) is 9.49.